The van der Waals surface area contributed by atoms with E-state index >= 15 is 0 Å². The van der Waals surface area contributed by atoms with Crippen molar-refractivity contribution in [2.75, 3.05) is 13.2 Å². The number of esters is 2. The third-order valence-corrected chi connectivity index (χ3v) is 1.72. The van der Waals surface area contributed by atoms with E-state index in [9.17, 15) is 19.2 Å². The quantitative estimate of drug-likeness (QED) is 0.344. The fourth-order valence-electron chi connectivity index (χ4n) is 0.940. The number of rotatable bonds is 8. The van der Waals surface area contributed by atoms with Crippen molar-refractivity contribution in [3.05, 3.63) is 0 Å². The molecule has 0 aromatic carbocycles. The topological polar surface area (TPSA) is 86.7 Å². The van der Waals surface area contributed by atoms with E-state index in [1.165, 1.54) is 13.8 Å². The Kier molecular flexibility index (Phi) is 20.4. The van der Waals surface area contributed by atoms with Crippen LogP contribution < -0.4 is 0 Å². The molecule has 0 aliphatic rings. The number of ether oxygens (including phenoxy) is 2. The molecule has 7 heteroatoms. The van der Waals surface area contributed by atoms with E-state index < -0.39 is 11.9 Å². The predicted octanol–water partition coefficient (Wildman–Crippen LogP) is 1.46. The molecule has 0 aromatic rings. The molecule has 0 fully saturated rings. The van der Waals surface area contributed by atoms with Crippen molar-refractivity contribution in [2.45, 2.75) is 53.4 Å². The van der Waals surface area contributed by atoms with Crippen LogP contribution in [0, 0.1) is 0 Å². The van der Waals surface area contributed by atoms with E-state index in [0.717, 1.165) is 12.8 Å². The second kappa shape index (κ2) is 17.1. The molecular formula is C14H24O6Sn. The van der Waals surface area contributed by atoms with Gasteiger partial charge in [0.25, 0.3) is 0 Å². The molecule has 0 spiro atoms. The third-order valence-electron chi connectivity index (χ3n) is 1.72. The Hall–Kier alpha value is -0.921. The Morgan fingerprint density at radius 3 is 1.19 bits per heavy atom. The van der Waals surface area contributed by atoms with Crippen LogP contribution in [0.5, 0.6) is 0 Å². The van der Waals surface area contributed by atoms with Crippen molar-refractivity contribution < 1.29 is 28.7 Å². The standard InChI is InChI=1S/2C7H12O3.Sn/c2*1-3-4-10-7(9)5-6(2)8;/h2*3-5H2,1-2H3;. The number of hydrogen-bond acceptors (Lipinski definition) is 6. The molecule has 0 amide bonds. The van der Waals surface area contributed by atoms with Crippen molar-refractivity contribution in [3.63, 3.8) is 0 Å². The Labute approximate surface area is 142 Å². The predicted molar refractivity (Wildman–Crippen MR) is 78.9 cm³/mol. The molecule has 0 unspecified atom stereocenters. The monoisotopic (exact) mass is 408 g/mol. The molecule has 0 saturated carbocycles. The first-order chi connectivity index (χ1) is 9.33. The molecular weight excluding hydrogens is 383 g/mol. The van der Waals surface area contributed by atoms with Crippen LogP contribution in [0.4, 0.5) is 0 Å². The number of hydrogen-bond donors (Lipinski definition) is 0. The SMILES string of the molecule is CCCOC(=O)CC(C)=O.CCCOC(=O)CC(C)=O.[Sn]. The maximum atomic E-state index is 10.6. The molecule has 0 rings (SSSR count). The van der Waals surface area contributed by atoms with Gasteiger partial charge in [-0.25, -0.2) is 0 Å². The average molecular weight is 407 g/mol. The first-order valence-corrected chi connectivity index (χ1v) is 6.63. The van der Waals surface area contributed by atoms with Crippen molar-refractivity contribution in [1.29, 1.82) is 0 Å². The van der Waals surface area contributed by atoms with Crippen LogP contribution in [0.15, 0.2) is 0 Å². The number of Topliss-reactive ketones (excluding diaryl/α,β-unsaturated/α-hetero) is 2. The summed E-state index contributed by atoms with van der Waals surface area (Å²) in [4.78, 5) is 41.8. The van der Waals surface area contributed by atoms with Gasteiger partial charge in [-0.2, -0.15) is 0 Å². The van der Waals surface area contributed by atoms with Gasteiger partial charge in [0.15, 0.2) is 0 Å². The minimum Gasteiger partial charge on any atom is -0.465 e. The molecule has 0 aliphatic carbocycles. The molecule has 0 N–H and O–H groups in total. The van der Waals surface area contributed by atoms with E-state index in [4.69, 9.17) is 0 Å². The molecule has 0 heterocycles. The van der Waals surface area contributed by atoms with Crippen molar-refractivity contribution in [2.24, 2.45) is 0 Å². The summed E-state index contributed by atoms with van der Waals surface area (Å²) in [6.07, 6.45) is 1.40. The molecule has 4 radical (unpaired) electrons. The van der Waals surface area contributed by atoms with Crippen LogP contribution in [-0.2, 0) is 28.7 Å². The Balaban J connectivity index is -0.000000295. The van der Waals surface area contributed by atoms with Crippen LogP contribution in [-0.4, -0.2) is 60.6 Å². The summed E-state index contributed by atoms with van der Waals surface area (Å²) in [5.74, 6) is -1.15. The van der Waals surface area contributed by atoms with Gasteiger partial charge >= 0.3 is 11.9 Å². The zero-order valence-corrected chi connectivity index (χ0v) is 16.0. The minimum absolute atomic E-state index is 0. The molecule has 0 aromatic heterocycles. The molecule has 0 bridgehead atoms. The summed E-state index contributed by atoms with van der Waals surface area (Å²) in [7, 11) is 0. The first-order valence-electron chi connectivity index (χ1n) is 6.63. The van der Waals surface area contributed by atoms with Gasteiger partial charge in [0.2, 0.25) is 0 Å². The molecule has 21 heavy (non-hydrogen) atoms. The van der Waals surface area contributed by atoms with Gasteiger partial charge in [-0.05, 0) is 26.7 Å². The molecule has 6 nitrogen and oxygen atoms in total. The Bertz CT molecular complexity index is 295. The normalized spacial score (nSPS) is 8.57. The smallest absolute Gasteiger partial charge is 0.313 e. The molecule has 0 atom stereocenters. The summed E-state index contributed by atoms with van der Waals surface area (Å²) in [5.41, 5.74) is 0. The summed E-state index contributed by atoms with van der Waals surface area (Å²) < 4.78 is 9.28. The summed E-state index contributed by atoms with van der Waals surface area (Å²) in [6.45, 7) is 7.36. The average Bonchev–Trinajstić information content (AvgIpc) is 2.33. The van der Waals surface area contributed by atoms with Crippen molar-refractivity contribution >= 4 is 47.4 Å². The third kappa shape index (κ3) is 24.5. The van der Waals surface area contributed by atoms with Gasteiger partial charge in [-0.3, -0.25) is 19.2 Å². The maximum absolute atomic E-state index is 10.6. The summed E-state index contributed by atoms with van der Waals surface area (Å²) in [5, 5.41) is 0. The van der Waals surface area contributed by atoms with Crippen LogP contribution in [0.3, 0.4) is 0 Å². The largest absolute Gasteiger partial charge is 0.465 e. The van der Waals surface area contributed by atoms with Gasteiger partial charge in [-0.15, -0.1) is 0 Å². The zero-order chi connectivity index (χ0) is 16.0. The summed E-state index contributed by atoms with van der Waals surface area (Å²) in [6, 6.07) is 0. The molecule has 0 aliphatic heterocycles. The van der Waals surface area contributed by atoms with E-state index in [1.54, 1.807) is 0 Å². The van der Waals surface area contributed by atoms with Gasteiger partial charge in [0.05, 0.1) is 13.2 Å². The van der Waals surface area contributed by atoms with Crippen LogP contribution in [0.2, 0.25) is 0 Å². The van der Waals surface area contributed by atoms with Crippen molar-refractivity contribution in [3.8, 4) is 0 Å². The minimum atomic E-state index is -0.422. The fourth-order valence-corrected chi connectivity index (χ4v) is 0.940. The second-order valence-corrected chi connectivity index (χ2v) is 4.20. The van der Waals surface area contributed by atoms with Crippen LogP contribution >= 0.6 is 0 Å². The Morgan fingerprint density at radius 1 is 0.714 bits per heavy atom. The van der Waals surface area contributed by atoms with Gasteiger partial charge in [0, 0.05) is 23.9 Å². The number of carbonyl (C=O) groups is 4. The fraction of sp³-hybridized carbons (Fsp3) is 0.714. The van der Waals surface area contributed by atoms with E-state index in [-0.39, 0.29) is 48.3 Å². The van der Waals surface area contributed by atoms with Crippen molar-refractivity contribution in [1.82, 2.24) is 0 Å². The maximum Gasteiger partial charge on any atom is 0.313 e. The van der Waals surface area contributed by atoms with Gasteiger partial charge < -0.3 is 9.47 Å². The first kappa shape index (κ1) is 25.1. The van der Waals surface area contributed by atoms with Crippen LogP contribution in [0.25, 0.3) is 0 Å². The molecule has 0 saturated heterocycles. The molecule has 120 valence electrons. The van der Waals surface area contributed by atoms with E-state index in [2.05, 4.69) is 9.47 Å². The van der Waals surface area contributed by atoms with Gasteiger partial charge in [0.1, 0.15) is 24.4 Å². The second-order valence-electron chi connectivity index (χ2n) is 4.20. The number of ketones is 2. The van der Waals surface area contributed by atoms with E-state index in [0.29, 0.717) is 13.2 Å². The zero-order valence-electron chi connectivity index (χ0n) is 13.2. The van der Waals surface area contributed by atoms with E-state index in [1.807, 2.05) is 13.8 Å². The Morgan fingerprint density at radius 2 is 1.00 bits per heavy atom. The number of carbonyl (C=O) groups excluding carboxylic acids is 4. The van der Waals surface area contributed by atoms with Gasteiger partial charge in [-0.1, -0.05) is 13.8 Å². The van der Waals surface area contributed by atoms with Crippen LogP contribution in [0.1, 0.15) is 53.4 Å². The summed E-state index contributed by atoms with van der Waals surface area (Å²) >= 11 is 0.